The third-order valence-electron chi connectivity index (χ3n) is 5.83. The Kier molecular flexibility index (Phi) is 4.99. The van der Waals surface area contributed by atoms with Gasteiger partial charge in [-0.3, -0.25) is 0 Å². The highest BCUT2D eigenvalue weighted by atomic mass is 16.5. The Hall–Kier alpha value is -1.70. The Morgan fingerprint density at radius 1 is 0.889 bits per heavy atom. The van der Waals surface area contributed by atoms with E-state index in [1.54, 1.807) is 0 Å². The van der Waals surface area contributed by atoms with Gasteiger partial charge in [0.15, 0.2) is 11.5 Å². The Labute approximate surface area is 165 Å². The van der Waals surface area contributed by atoms with Crippen LogP contribution in [0.15, 0.2) is 23.8 Å². The molecule has 0 heterocycles. The molecule has 0 N–H and O–H groups in total. The summed E-state index contributed by atoms with van der Waals surface area (Å²) in [6.45, 7) is 19.9. The summed E-state index contributed by atoms with van der Waals surface area (Å²) in [4.78, 5) is 0. The van der Waals surface area contributed by atoms with Crippen LogP contribution in [0.5, 0.6) is 11.5 Å². The highest BCUT2D eigenvalue weighted by molar-refractivity contribution is 5.78. The van der Waals surface area contributed by atoms with Crippen molar-refractivity contribution in [1.29, 1.82) is 0 Å². The summed E-state index contributed by atoms with van der Waals surface area (Å²) in [5.41, 5.74) is 5.35. The standard InChI is InChI=1S/C25H36O2/c1-15(2)19-13-18-14-20-24(7,8)11-10-12-25(20,9)21(18)23(27-17(5)6)22(19)26-16(3)4/h10-11,13-17H,12H2,1-9H3. The molecule has 148 valence electrons. The van der Waals surface area contributed by atoms with Gasteiger partial charge in [0.1, 0.15) is 0 Å². The zero-order valence-corrected chi connectivity index (χ0v) is 18.6. The Morgan fingerprint density at radius 3 is 2.04 bits per heavy atom. The molecule has 0 saturated carbocycles. The van der Waals surface area contributed by atoms with Gasteiger partial charge >= 0.3 is 0 Å². The van der Waals surface area contributed by atoms with Crippen molar-refractivity contribution in [3.63, 3.8) is 0 Å². The molecule has 0 aliphatic heterocycles. The first-order valence-corrected chi connectivity index (χ1v) is 10.4. The number of hydrogen-bond acceptors (Lipinski definition) is 2. The molecule has 27 heavy (non-hydrogen) atoms. The van der Waals surface area contributed by atoms with Crippen LogP contribution < -0.4 is 9.47 Å². The van der Waals surface area contributed by atoms with Crippen LogP contribution in [-0.2, 0) is 5.41 Å². The molecule has 0 spiro atoms. The van der Waals surface area contributed by atoms with Crippen molar-refractivity contribution in [2.24, 2.45) is 5.41 Å². The maximum Gasteiger partial charge on any atom is 0.166 e. The molecule has 1 unspecified atom stereocenters. The lowest BCUT2D eigenvalue weighted by atomic mass is 9.63. The van der Waals surface area contributed by atoms with E-state index in [9.17, 15) is 0 Å². The van der Waals surface area contributed by atoms with Crippen LogP contribution >= 0.6 is 0 Å². The first-order chi connectivity index (χ1) is 12.5. The zero-order valence-electron chi connectivity index (χ0n) is 18.6. The molecule has 2 aliphatic rings. The van der Waals surface area contributed by atoms with E-state index in [0.717, 1.165) is 17.9 Å². The van der Waals surface area contributed by atoms with Crippen LogP contribution in [0.4, 0.5) is 0 Å². The third-order valence-corrected chi connectivity index (χ3v) is 5.83. The first-order valence-electron chi connectivity index (χ1n) is 10.4. The van der Waals surface area contributed by atoms with Crippen molar-refractivity contribution >= 4 is 6.08 Å². The summed E-state index contributed by atoms with van der Waals surface area (Å²) in [5, 5.41) is 0. The second-order valence-electron chi connectivity index (χ2n) is 9.79. The minimum atomic E-state index is -0.0393. The second kappa shape index (κ2) is 6.72. The van der Waals surface area contributed by atoms with Crippen LogP contribution in [0.3, 0.4) is 0 Å². The fourth-order valence-electron chi connectivity index (χ4n) is 4.74. The molecule has 0 bridgehead atoms. The average Bonchev–Trinajstić information content (AvgIpc) is 2.82. The molecule has 1 aromatic rings. The van der Waals surface area contributed by atoms with Gasteiger partial charge in [-0.2, -0.15) is 0 Å². The quantitative estimate of drug-likeness (QED) is 0.520. The monoisotopic (exact) mass is 368 g/mol. The molecule has 0 amide bonds. The molecule has 0 saturated heterocycles. The summed E-state index contributed by atoms with van der Waals surface area (Å²) >= 11 is 0. The minimum absolute atomic E-state index is 0.0393. The van der Waals surface area contributed by atoms with Crippen molar-refractivity contribution in [1.82, 2.24) is 0 Å². The molecule has 2 heteroatoms. The summed E-state index contributed by atoms with van der Waals surface area (Å²) in [5.74, 6) is 2.27. The van der Waals surface area contributed by atoms with Crippen molar-refractivity contribution in [3.8, 4) is 11.5 Å². The molecule has 1 atom stereocenters. The number of fused-ring (bicyclic) bond motifs is 3. The lowest BCUT2D eigenvalue weighted by molar-refractivity contribution is 0.192. The molecule has 2 nitrogen and oxygen atoms in total. The predicted octanol–water partition coefficient (Wildman–Crippen LogP) is 7.03. The van der Waals surface area contributed by atoms with Gasteiger partial charge in [0.05, 0.1) is 12.2 Å². The Balaban J connectivity index is 2.32. The van der Waals surface area contributed by atoms with E-state index >= 15 is 0 Å². The van der Waals surface area contributed by atoms with E-state index in [1.807, 2.05) is 0 Å². The van der Waals surface area contributed by atoms with Crippen molar-refractivity contribution < 1.29 is 9.47 Å². The molecule has 0 radical (unpaired) electrons. The summed E-state index contributed by atoms with van der Waals surface area (Å²) in [6.07, 6.45) is 8.32. The molecule has 0 aromatic heterocycles. The van der Waals surface area contributed by atoms with Crippen LogP contribution in [0.2, 0.25) is 0 Å². The smallest absolute Gasteiger partial charge is 0.166 e. The van der Waals surface area contributed by atoms with E-state index in [2.05, 4.69) is 86.6 Å². The van der Waals surface area contributed by atoms with Gasteiger partial charge in [-0.05, 0) is 57.2 Å². The van der Waals surface area contributed by atoms with E-state index in [0.29, 0.717) is 5.92 Å². The fraction of sp³-hybridized carbons (Fsp3) is 0.600. The maximum atomic E-state index is 6.48. The van der Waals surface area contributed by atoms with E-state index < -0.39 is 0 Å². The summed E-state index contributed by atoms with van der Waals surface area (Å²) in [6, 6.07) is 2.34. The van der Waals surface area contributed by atoms with Crippen LogP contribution in [0.25, 0.3) is 6.08 Å². The lowest BCUT2D eigenvalue weighted by Crippen LogP contribution is -2.33. The van der Waals surface area contributed by atoms with Gasteiger partial charge in [-0.1, -0.05) is 52.8 Å². The molecule has 1 aromatic carbocycles. The number of rotatable bonds is 5. The fourth-order valence-corrected chi connectivity index (χ4v) is 4.74. The van der Waals surface area contributed by atoms with Crippen molar-refractivity contribution in [2.75, 3.05) is 0 Å². The number of ether oxygens (including phenoxy) is 2. The lowest BCUT2D eigenvalue weighted by Gasteiger charge is -2.41. The molecular formula is C25H36O2. The minimum Gasteiger partial charge on any atom is -0.487 e. The topological polar surface area (TPSA) is 18.5 Å². The number of benzene rings is 1. The first kappa shape index (κ1) is 20.0. The third kappa shape index (κ3) is 3.32. The normalized spacial score (nSPS) is 22.9. The van der Waals surface area contributed by atoms with Gasteiger partial charge < -0.3 is 9.47 Å². The second-order valence-corrected chi connectivity index (χ2v) is 9.79. The van der Waals surface area contributed by atoms with Crippen LogP contribution in [0.1, 0.15) is 91.3 Å². The summed E-state index contributed by atoms with van der Waals surface area (Å²) < 4.78 is 12.9. The molecule has 0 fully saturated rings. The Bertz CT molecular complexity index is 793. The maximum absolute atomic E-state index is 6.48. The number of hydrogen-bond donors (Lipinski definition) is 0. The van der Waals surface area contributed by atoms with Crippen molar-refractivity contribution in [2.45, 2.75) is 92.3 Å². The summed E-state index contributed by atoms with van der Waals surface area (Å²) in [7, 11) is 0. The van der Waals surface area contributed by atoms with E-state index in [4.69, 9.17) is 9.47 Å². The van der Waals surface area contributed by atoms with Gasteiger partial charge in [-0.15, -0.1) is 0 Å². The Morgan fingerprint density at radius 2 is 1.48 bits per heavy atom. The SMILES string of the molecule is CC(C)Oc1c(C(C)C)cc2c(c1OC(C)C)C1(C)CC=CC(C)(C)C1=C2. The van der Waals surface area contributed by atoms with Gasteiger partial charge in [0.25, 0.3) is 0 Å². The van der Waals surface area contributed by atoms with Gasteiger partial charge in [0, 0.05) is 22.0 Å². The highest BCUT2D eigenvalue weighted by Gasteiger charge is 2.47. The molecule has 3 rings (SSSR count). The van der Waals surface area contributed by atoms with Gasteiger partial charge in [0.2, 0.25) is 0 Å². The highest BCUT2D eigenvalue weighted by Crippen LogP contribution is 2.59. The van der Waals surface area contributed by atoms with Gasteiger partial charge in [-0.25, -0.2) is 0 Å². The van der Waals surface area contributed by atoms with E-state index in [1.165, 1.54) is 22.3 Å². The zero-order chi connectivity index (χ0) is 20.1. The number of allylic oxidation sites excluding steroid dienone is 3. The van der Waals surface area contributed by atoms with Crippen molar-refractivity contribution in [3.05, 3.63) is 40.5 Å². The van der Waals surface area contributed by atoms with Crippen LogP contribution in [0, 0.1) is 5.41 Å². The van der Waals surface area contributed by atoms with E-state index in [-0.39, 0.29) is 23.0 Å². The molecular weight excluding hydrogens is 332 g/mol. The van der Waals surface area contributed by atoms with Crippen LogP contribution in [-0.4, -0.2) is 12.2 Å². The predicted molar refractivity (Wildman–Crippen MR) is 115 cm³/mol. The average molecular weight is 369 g/mol. The largest absolute Gasteiger partial charge is 0.487 e. The molecule has 2 aliphatic carbocycles.